The summed E-state index contributed by atoms with van der Waals surface area (Å²) >= 11 is 0. The fraction of sp³-hybridized carbons (Fsp3) is 0.643. The Kier molecular flexibility index (Phi) is 3.78. The highest BCUT2D eigenvalue weighted by atomic mass is 16.5. The highest BCUT2D eigenvalue weighted by molar-refractivity contribution is 5.74. The van der Waals surface area contributed by atoms with Gasteiger partial charge in [0.1, 0.15) is 0 Å². The van der Waals surface area contributed by atoms with Gasteiger partial charge < -0.3 is 14.2 Å². The van der Waals surface area contributed by atoms with Crippen molar-refractivity contribution in [2.45, 2.75) is 19.9 Å². The van der Waals surface area contributed by atoms with Gasteiger partial charge in [0.2, 0.25) is 5.95 Å². The number of imidazole rings is 1. The summed E-state index contributed by atoms with van der Waals surface area (Å²) in [6.07, 6.45) is 0.884. The van der Waals surface area contributed by atoms with Gasteiger partial charge in [-0.1, -0.05) is 6.92 Å². The number of rotatable bonds is 3. The van der Waals surface area contributed by atoms with Crippen LogP contribution in [0.4, 0.5) is 5.95 Å². The van der Waals surface area contributed by atoms with Gasteiger partial charge in [-0.25, -0.2) is 4.79 Å². The summed E-state index contributed by atoms with van der Waals surface area (Å²) in [5, 5.41) is 0. The Morgan fingerprint density at radius 1 is 1.14 bits per heavy atom. The van der Waals surface area contributed by atoms with Crippen LogP contribution in [0, 0.1) is 0 Å². The number of ether oxygens (including phenoxy) is 1. The number of nitrogens with zero attached hydrogens (tertiary/aromatic N) is 5. The molecule has 8 nitrogen and oxygen atoms in total. The summed E-state index contributed by atoms with van der Waals surface area (Å²) in [7, 11) is 3.15. The maximum atomic E-state index is 12.5. The van der Waals surface area contributed by atoms with E-state index >= 15 is 0 Å². The van der Waals surface area contributed by atoms with Crippen LogP contribution in [-0.4, -0.2) is 45.0 Å². The molecule has 0 radical (unpaired) electrons. The third kappa shape index (κ3) is 2.14. The van der Waals surface area contributed by atoms with Crippen LogP contribution in [0.1, 0.15) is 13.3 Å². The van der Waals surface area contributed by atoms with E-state index in [0.717, 1.165) is 30.0 Å². The topological polar surface area (TPSA) is 74.3 Å². The van der Waals surface area contributed by atoms with Gasteiger partial charge in [-0.2, -0.15) is 4.98 Å². The minimum absolute atomic E-state index is 0.293. The first-order valence-corrected chi connectivity index (χ1v) is 7.55. The fourth-order valence-electron chi connectivity index (χ4n) is 2.88. The van der Waals surface area contributed by atoms with Crippen LogP contribution >= 0.6 is 0 Å². The predicted molar refractivity (Wildman–Crippen MR) is 83.5 cm³/mol. The van der Waals surface area contributed by atoms with Crippen molar-refractivity contribution in [3.8, 4) is 0 Å². The second kappa shape index (κ2) is 5.60. The molecule has 0 spiro atoms. The number of morpholine rings is 1. The van der Waals surface area contributed by atoms with E-state index in [4.69, 9.17) is 4.74 Å². The van der Waals surface area contributed by atoms with Gasteiger partial charge in [0.25, 0.3) is 5.56 Å². The first kappa shape index (κ1) is 14.8. The minimum Gasteiger partial charge on any atom is -0.378 e. The van der Waals surface area contributed by atoms with Gasteiger partial charge >= 0.3 is 5.69 Å². The third-order valence-corrected chi connectivity index (χ3v) is 4.07. The van der Waals surface area contributed by atoms with Crippen molar-refractivity contribution in [2.24, 2.45) is 14.1 Å². The van der Waals surface area contributed by atoms with Crippen LogP contribution in [0.5, 0.6) is 0 Å². The van der Waals surface area contributed by atoms with Gasteiger partial charge in [0.05, 0.1) is 13.2 Å². The molecule has 0 aliphatic carbocycles. The van der Waals surface area contributed by atoms with Gasteiger partial charge in [-0.15, -0.1) is 0 Å². The smallest absolute Gasteiger partial charge is 0.332 e. The van der Waals surface area contributed by atoms with Crippen LogP contribution < -0.4 is 16.1 Å². The molecule has 1 saturated heterocycles. The monoisotopic (exact) mass is 307 g/mol. The van der Waals surface area contributed by atoms with Crippen molar-refractivity contribution >= 4 is 17.1 Å². The molecular formula is C14H21N5O3. The number of aromatic nitrogens is 4. The van der Waals surface area contributed by atoms with Crippen molar-refractivity contribution < 1.29 is 4.74 Å². The van der Waals surface area contributed by atoms with Crippen molar-refractivity contribution in [3.63, 3.8) is 0 Å². The Hall–Kier alpha value is -2.09. The molecule has 3 heterocycles. The number of fused-ring (bicyclic) bond motifs is 1. The van der Waals surface area contributed by atoms with Gasteiger partial charge in [-0.05, 0) is 6.42 Å². The molecule has 2 aromatic heterocycles. The molecular weight excluding hydrogens is 286 g/mol. The molecule has 1 aliphatic rings. The summed E-state index contributed by atoms with van der Waals surface area (Å²) in [6.45, 7) is 5.51. The van der Waals surface area contributed by atoms with Gasteiger partial charge in [-0.3, -0.25) is 13.9 Å². The Bertz CT molecular complexity index is 810. The van der Waals surface area contributed by atoms with E-state index in [1.165, 1.54) is 11.6 Å². The Balaban J connectivity index is 2.31. The molecule has 0 aromatic carbocycles. The molecule has 1 fully saturated rings. The summed E-state index contributed by atoms with van der Waals surface area (Å²) in [5.41, 5.74) is 0.293. The molecule has 1 aliphatic heterocycles. The van der Waals surface area contributed by atoms with Gasteiger partial charge in [0, 0.05) is 33.7 Å². The second-order valence-corrected chi connectivity index (χ2v) is 5.54. The lowest BCUT2D eigenvalue weighted by Gasteiger charge is -2.28. The van der Waals surface area contributed by atoms with Gasteiger partial charge in [0.15, 0.2) is 11.2 Å². The molecule has 0 unspecified atom stereocenters. The molecule has 3 rings (SSSR count). The van der Waals surface area contributed by atoms with E-state index in [1.807, 2.05) is 4.57 Å². The highest BCUT2D eigenvalue weighted by Crippen LogP contribution is 2.20. The lowest BCUT2D eigenvalue weighted by Crippen LogP contribution is -2.38. The zero-order valence-electron chi connectivity index (χ0n) is 13.2. The largest absolute Gasteiger partial charge is 0.378 e. The summed E-state index contributed by atoms with van der Waals surface area (Å²) < 4.78 is 9.89. The standard InChI is InChI=1S/C14H21N5O3/c1-4-5-19-10-11(16(2)14(21)17(3)12(10)20)15-13(19)18-6-8-22-9-7-18/h4-9H2,1-3H3. The van der Waals surface area contributed by atoms with Crippen molar-refractivity contribution in [1.82, 2.24) is 18.7 Å². The van der Waals surface area contributed by atoms with E-state index in [-0.39, 0.29) is 11.2 Å². The van der Waals surface area contributed by atoms with Crippen LogP contribution in [0.15, 0.2) is 9.59 Å². The predicted octanol–water partition coefficient (Wildman–Crippen LogP) is -0.320. The molecule has 22 heavy (non-hydrogen) atoms. The Morgan fingerprint density at radius 2 is 1.82 bits per heavy atom. The molecule has 8 heteroatoms. The lowest BCUT2D eigenvalue weighted by atomic mass is 10.4. The Labute approximate surface area is 127 Å². The average molecular weight is 307 g/mol. The molecule has 120 valence electrons. The van der Waals surface area contributed by atoms with E-state index in [9.17, 15) is 9.59 Å². The molecule has 0 saturated carbocycles. The van der Waals surface area contributed by atoms with Crippen LogP contribution in [0.3, 0.4) is 0 Å². The lowest BCUT2D eigenvalue weighted by molar-refractivity contribution is 0.121. The normalized spacial score (nSPS) is 15.7. The summed E-state index contributed by atoms with van der Waals surface area (Å²) in [6, 6.07) is 0. The molecule has 0 amide bonds. The number of hydrogen-bond acceptors (Lipinski definition) is 5. The molecule has 2 aromatic rings. The van der Waals surface area contributed by atoms with Crippen molar-refractivity contribution in [3.05, 3.63) is 20.8 Å². The van der Waals surface area contributed by atoms with E-state index in [2.05, 4.69) is 16.8 Å². The Morgan fingerprint density at radius 3 is 2.45 bits per heavy atom. The van der Waals surface area contributed by atoms with Crippen molar-refractivity contribution in [1.29, 1.82) is 0 Å². The third-order valence-electron chi connectivity index (χ3n) is 4.07. The second-order valence-electron chi connectivity index (χ2n) is 5.54. The maximum Gasteiger partial charge on any atom is 0.332 e. The van der Waals surface area contributed by atoms with Crippen LogP contribution in [0.2, 0.25) is 0 Å². The van der Waals surface area contributed by atoms with Crippen LogP contribution in [0.25, 0.3) is 11.2 Å². The first-order chi connectivity index (χ1) is 10.6. The summed E-state index contributed by atoms with van der Waals surface area (Å²) in [5.74, 6) is 0.749. The SMILES string of the molecule is CCCn1c(N2CCOCC2)nc2c1c(=O)n(C)c(=O)n2C. The molecule has 0 bridgehead atoms. The fourth-order valence-corrected chi connectivity index (χ4v) is 2.88. The van der Waals surface area contributed by atoms with E-state index in [0.29, 0.717) is 30.9 Å². The zero-order valence-corrected chi connectivity index (χ0v) is 13.2. The number of hydrogen-bond donors (Lipinski definition) is 0. The zero-order chi connectivity index (χ0) is 15.9. The first-order valence-electron chi connectivity index (χ1n) is 7.55. The average Bonchev–Trinajstić information content (AvgIpc) is 2.92. The quantitative estimate of drug-likeness (QED) is 0.777. The van der Waals surface area contributed by atoms with Crippen molar-refractivity contribution in [2.75, 3.05) is 31.2 Å². The van der Waals surface area contributed by atoms with E-state index < -0.39 is 0 Å². The minimum atomic E-state index is -0.354. The summed E-state index contributed by atoms with van der Waals surface area (Å²) in [4.78, 5) is 31.4. The maximum absolute atomic E-state index is 12.5. The molecule has 0 atom stereocenters. The number of aryl methyl sites for hydroxylation is 2. The highest BCUT2D eigenvalue weighted by Gasteiger charge is 2.23. The molecule has 0 N–H and O–H groups in total. The number of anilines is 1. The van der Waals surface area contributed by atoms with E-state index in [1.54, 1.807) is 7.05 Å². The van der Waals surface area contributed by atoms with Crippen LogP contribution in [-0.2, 0) is 25.4 Å².